The van der Waals surface area contributed by atoms with Gasteiger partial charge in [-0.05, 0) is 6.07 Å². The second-order valence-electron chi connectivity index (χ2n) is 3.54. The summed E-state index contributed by atoms with van der Waals surface area (Å²) < 4.78 is 36.6. The van der Waals surface area contributed by atoms with Gasteiger partial charge in [-0.25, -0.2) is 0 Å². The van der Waals surface area contributed by atoms with Crippen LogP contribution in [0.2, 0.25) is 10.0 Å². The fourth-order valence-electron chi connectivity index (χ4n) is 1.28. The van der Waals surface area contributed by atoms with Crippen molar-refractivity contribution in [3.63, 3.8) is 0 Å². The minimum absolute atomic E-state index is 0. The topological polar surface area (TPSA) is 46.2 Å². The van der Waals surface area contributed by atoms with E-state index in [1.165, 1.54) is 18.2 Å². The molecule has 104 valence electrons. The molecule has 0 amide bonds. The monoisotopic (exact) mass is 323 g/mol. The molecular formula is C10H11Cl3F3NO. The molecule has 0 radical (unpaired) electrons. The van der Waals surface area contributed by atoms with Crippen LogP contribution in [0.3, 0.4) is 0 Å². The van der Waals surface area contributed by atoms with Gasteiger partial charge in [0.05, 0.1) is 16.1 Å². The van der Waals surface area contributed by atoms with Gasteiger partial charge in [-0.2, -0.15) is 13.2 Å². The molecular weight excluding hydrogens is 313 g/mol. The van der Waals surface area contributed by atoms with E-state index in [1.807, 2.05) is 0 Å². The van der Waals surface area contributed by atoms with Gasteiger partial charge >= 0.3 is 6.18 Å². The standard InChI is InChI=1S/C10H10Cl2F3NO.ClH/c11-6-3-1-2-5(9(6)12)7(17)4-8(16)10(13,14)15;/h1-3,7-8,17H,4,16H2;1H/t7-,8-;/m1./s1. The number of rotatable bonds is 3. The van der Waals surface area contributed by atoms with Crippen LogP contribution < -0.4 is 5.73 Å². The lowest BCUT2D eigenvalue weighted by molar-refractivity contribution is -0.153. The fourth-order valence-corrected chi connectivity index (χ4v) is 1.71. The van der Waals surface area contributed by atoms with E-state index in [1.54, 1.807) is 0 Å². The van der Waals surface area contributed by atoms with Gasteiger partial charge in [-0.3, -0.25) is 0 Å². The van der Waals surface area contributed by atoms with Gasteiger partial charge < -0.3 is 10.8 Å². The molecule has 0 heterocycles. The number of alkyl halides is 3. The number of aliphatic hydroxyl groups excluding tert-OH is 1. The third kappa shape index (κ3) is 4.48. The summed E-state index contributed by atoms with van der Waals surface area (Å²) in [6.07, 6.45) is -6.62. The quantitative estimate of drug-likeness (QED) is 0.890. The third-order valence-electron chi connectivity index (χ3n) is 2.24. The van der Waals surface area contributed by atoms with Gasteiger partial charge in [0, 0.05) is 12.0 Å². The van der Waals surface area contributed by atoms with Crippen LogP contribution in [0.15, 0.2) is 18.2 Å². The van der Waals surface area contributed by atoms with Crippen molar-refractivity contribution in [2.75, 3.05) is 0 Å². The number of hydrogen-bond donors (Lipinski definition) is 2. The summed E-state index contributed by atoms with van der Waals surface area (Å²) in [5.74, 6) is 0. The Hall–Kier alpha value is -0.200. The Balaban J connectivity index is 0.00000289. The molecule has 0 aromatic heterocycles. The van der Waals surface area contributed by atoms with Crippen LogP contribution in [-0.2, 0) is 0 Å². The van der Waals surface area contributed by atoms with E-state index >= 15 is 0 Å². The molecule has 1 aromatic rings. The zero-order valence-electron chi connectivity index (χ0n) is 8.92. The number of halogens is 6. The zero-order valence-corrected chi connectivity index (χ0v) is 11.2. The van der Waals surface area contributed by atoms with Crippen molar-refractivity contribution < 1.29 is 18.3 Å². The first kappa shape index (κ1) is 17.8. The first-order valence-corrected chi connectivity index (χ1v) is 5.43. The van der Waals surface area contributed by atoms with Crippen molar-refractivity contribution in [2.45, 2.75) is 24.7 Å². The maximum Gasteiger partial charge on any atom is 0.403 e. The van der Waals surface area contributed by atoms with E-state index in [0.717, 1.165) is 0 Å². The van der Waals surface area contributed by atoms with E-state index in [4.69, 9.17) is 28.9 Å². The van der Waals surface area contributed by atoms with E-state index < -0.39 is 24.7 Å². The Bertz CT molecular complexity index is 400. The van der Waals surface area contributed by atoms with Gasteiger partial charge in [-0.1, -0.05) is 35.3 Å². The third-order valence-corrected chi connectivity index (χ3v) is 3.07. The molecule has 18 heavy (non-hydrogen) atoms. The predicted molar refractivity (Wildman–Crippen MR) is 67.3 cm³/mol. The van der Waals surface area contributed by atoms with Crippen LogP contribution in [0.4, 0.5) is 13.2 Å². The van der Waals surface area contributed by atoms with Crippen LogP contribution in [0.1, 0.15) is 18.1 Å². The second-order valence-corrected chi connectivity index (χ2v) is 4.33. The number of hydrogen-bond acceptors (Lipinski definition) is 2. The molecule has 0 saturated heterocycles. The Morgan fingerprint density at radius 2 is 1.83 bits per heavy atom. The molecule has 0 saturated carbocycles. The highest BCUT2D eigenvalue weighted by Gasteiger charge is 2.38. The molecule has 1 rings (SSSR count). The van der Waals surface area contributed by atoms with Crippen LogP contribution in [0.25, 0.3) is 0 Å². The molecule has 0 aliphatic carbocycles. The van der Waals surface area contributed by atoms with E-state index in [2.05, 4.69) is 0 Å². The zero-order chi connectivity index (χ0) is 13.2. The molecule has 3 N–H and O–H groups in total. The summed E-state index contributed by atoms with van der Waals surface area (Å²) in [5.41, 5.74) is 5.05. The molecule has 0 aliphatic heterocycles. The first-order chi connectivity index (χ1) is 7.73. The maximum atomic E-state index is 12.2. The van der Waals surface area contributed by atoms with Crippen molar-refractivity contribution in [2.24, 2.45) is 5.73 Å². The number of aliphatic hydroxyl groups is 1. The minimum atomic E-state index is -4.55. The summed E-state index contributed by atoms with van der Waals surface area (Å²) in [4.78, 5) is 0. The van der Waals surface area contributed by atoms with Crippen LogP contribution in [-0.4, -0.2) is 17.3 Å². The molecule has 0 unspecified atom stereocenters. The van der Waals surface area contributed by atoms with Crippen LogP contribution >= 0.6 is 35.6 Å². The smallest absolute Gasteiger partial charge is 0.388 e. The van der Waals surface area contributed by atoms with E-state index in [9.17, 15) is 18.3 Å². The summed E-state index contributed by atoms with van der Waals surface area (Å²) >= 11 is 11.5. The predicted octanol–water partition coefficient (Wildman–Crippen LogP) is 3.73. The van der Waals surface area contributed by atoms with Crippen LogP contribution in [0.5, 0.6) is 0 Å². The largest absolute Gasteiger partial charge is 0.403 e. The highest BCUT2D eigenvalue weighted by Crippen LogP contribution is 2.33. The lowest BCUT2D eigenvalue weighted by atomic mass is 10.0. The summed E-state index contributed by atoms with van der Waals surface area (Å²) in [6.45, 7) is 0. The van der Waals surface area contributed by atoms with E-state index in [0.29, 0.717) is 0 Å². The molecule has 1 aromatic carbocycles. The molecule has 2 atom stereocenters. The minimum Gasteiger partial charge on any atom is -0.388 e. The summed E-state index contributed by atoms with van der Waals surface area (Å²) in [5, 5.41) is 9.84. The van der Waals surface area contributed by atoms with Crippen LogP contribution in [0, 0.1) is 0 Å². The highest BCUT2D eigenvalue weighted by molar-refractivity contribution is 6.42. The fraction of sp³-hybridized carbons (Fsp3) is 0.400. The Morgan fingerprint density at radius 1 is 1.28 bits per heavy atom. The highest BCUT2D eigenvalue weighted by atomic mass is 35.5. The van der Waals surface area contributed by atoms with E-state index in [-0.39, 0.29) is 28.0 Å². The van der Waals surface area contributed by atoms with Crippen molar-refractivity contribution in [3.05, 3.63) is 33.8 Å². The average molecular weight is 325 g/mol. The number of nitrogens with two attached hydrogens (primary N) is 1. The van der Waals surface area contributed by atoms with Gasteiger partial charge in [0.15, 0.2) is 0 Å². The lowest BCUT2D eigenvalue weighted by Crippen LogP contribution is -2.38. The molecule has 2 nitrogen and oxygen atoms in total. The van der Waals surface area contributed by atoms with Gasteiger partial charge in [0.2, 0.25) is 0 Å². The maximum absolute atomic E-state index is 12.2. The summed E-state index contributed by atoms with van der Waals surface area (Å²) in [6, 6.07) is 2.27. The Morgan fingerprint density at radius 3 is 2.33 bits per heavy atom. The number of benzene rings is 1. The summed E-state index contributed by atoms with van der Waals surface area (Å²) in [7, 11) is 0. The normalized spacial score (nSPS) is 14.8. The molecule has 0 fully saturated rings. The SMILES string of the molecule is Cl.N[C@H](C[C@@H](O)c1cccc(Cl)c1Cl)C(F)(F)F. The van der Waals surface area contributed by atoms with Gasteiger partial charge in [0.1, 0.15) is 6.04 Å². The Kier molecular flexibility index (Phi) is 6.74. The van der Waals surface area contributed by atoms with Crippen molar-refractivity contribution in [1.82, 2.24) is 0 Å². The first-order valence-electron chi connectivity index (χ1n) is 4.67. The van der Waals surface area contributed by atoms with Gasteiger partial charge in [-0.15, -0.1) is 12.4 Å². The molecule has 8 heteroatoms. The van der Waals surface area contributed by atoms with Crippen molar-refractivity contribution in [1.29, 1.82) is 0 Å². The molecule has 0 aliphatic rings. The molecule has 0 bridgehead atoms. The second kappa shape index (κ2) is 6.82. The molecule has 0 spiro atoms. The van der Waals surface area contributed by atoms with Crippen molar-refractivity contribution >= 4 is 35.6 Å². The lowest BCUT2D eigenvalue weighted by Gasteiger charge is -2.20. The average Bonchev–Trinajstić information content (AvgIpc) is 2.20. The van der Waals surface area contributed by atoms with Gasteiger partial charge in [0.25, 0.3) is 0 Å². The Labute approximate surface area is 118 Å². The van der Waals surface area contributed by atoms with Crippen molar-refractivity contribution in [3.8, 4) is 0 Å².